The number of hydrogen-bond donors (Lipinski definition) is 1. The van der Waals surface area contributed by atoms with Crippen LogP contribution in [0.1, 0.15) is 38.0 Å². The van der Waals surface area contributed by atoms with Crippen LogP contribution in [-0.2, 0) is 6.42 Å². The summed E-state index contributed by atoms with van der Waals surface area (Å²) in [5.74, 6) is 1.71. The molecule has 1 aromatic heterocycles. The molecule has 1 fully saturated rings. The highest BCUT2D eigenvalue weighted by atomic mass is 79.9. The van der Waals surface area contributed by atoms with Crippen LogP contribution in [0.5, 0.6) is 0 Å². The quantitative estimate of drug-likeness (QED) is 0.864. The summed E-state index contributed by atoms with van der Waals surface area (Å²) >= 11 is 5.55. The summed E-state index contributed by atoms with van der Waals surface area (Å²) in [6, 6.07) is 2.90. The smallest absolute Gasteiger partial charge is 0.0314 e. The average molecular weight is 316 g/mol. The Kier molecular flexibility index (Phi) is 5.07. The van der Waals surface area contributed by atoms with Crippen molar-refractivity contribution in [1.82, 2.24) is 5.32 Å². The summed E-state index contributed by atoms with van der Waals surface area (Å²) in [6.07, 6.45) is 5.35. The van der Waals surface area contributed by atoms with Crippen LogP contribution in [0.15, 0.2) is 15.9 Å². The molecule has 3 unspecified atom stereocenters. The second kappa shape index (κ2) is 6.35. The molecule has 3 heteroatoms. The van der Waals surface area contributed by atoms with Gasteiger partial charge in [0.15, 0.2) is 0 Å². The Labute approximate surface area is 117 Å². The first-order valence-corrected chi connectivity index (χ1v) is 8.33. The maximum Gasteiger partial charge on any atom is 0.0314 e. The molecule has 1 aliphatic rings. The Morgan fingerprint density at radius 3 is 2.94 bits per heavy atom. The van der Waals surface area contributed by atoms with Gasteiger partial charge in [-0.2, -0.15) is 0 Å². The third-order valence-corrected chi connectivity index (χ3v) is 5.80. The highest BCUT2D eigenvalue weighted by molar-refractivity contribution is 9.10. The van der Waals surface area contributed by atoms with E-state index in [9.17, 15) is 0 Å². The fourth-order valence-corrected chi connectivity index (χ4v) is 4.57. The van der Waals surface area contributed by atoms with Crippen molar-refractivity contribution in [3.63, 3.8) is 0 Å². The third-order valence-electron chi connectivity index (χ3n) is 3.85. The van der Waals surface area contributed by atoms with Crippen molar-refractivity contribution in [2.75, 3.05) is 6.54 Å². The lowest BCUT2D eigenvalue weighted by atomic mass is 9.77. The van der Waals surface area contributed by atoms with Gasteiger partial charge in [0.25, 0.3) is 0 Å². The zero-order valence-corrected chi connectivity index (χ0v) is 13.1. The minimum atomic E-state index is 0.727. The highest BCUT2D eigenvalue weighted by Gasteiger charge is 2.28. The van der Waals surface area contributed by atoms with E-state index >= 15 is 0 Å². The molecule has 17 heavy (non-hydrogen) atoms. The van der Waals surface area contributed by atoms with Crippen molar-refractivity contribution in [3.8, 4) is 0 Å². The molecule has 1 aliphatic carbocycles. The van der Waals surface area contributed by atoms with E-state index in [1.165, 1.54) is 35.0 Å². The van der Waals surface area contributed by atoms with E-state index in [2.05, 4.69) is 46.5 Å². The molecule has 1 aromatic rings. The first-order chi connectivity index (χ1) is 8.20. The van der Waals surface area contributed by atoms with E-state index in [0.717, 1.165) is 24.4 Å². The van der Waals surface area contributed by atoms with Crippen LogP contribution in [-0.4, -0.2) is 12.6 Å². The predicted octanol–water partition coefficient (Wildman–Crippen LogP) is 4.47. The van der Waals surface area contributed by atoms with Crippen molar-refractivity contribution in [1.29, 1.82) is 0 Å². The third kappa shape index (κ3) is 3.55. The van der Waals surface area contributed by atoms with Gasteiger partial charge in [-0.15, -0.1) is 11.3 Å². The fourth-order valence-electron chi connectivity index (χ4n) is 2.96. The molecule has 0 amide bonds. The second-order valence-corrected chi connectivity index (χ2v) is 7.09. The Morgan fingerprint density at radius 2 is 2.29 bits per heavy atom. The topological polar surface area (TPSA) is 12.0 Å². The van der Waals surface area contributed by atoms with Crippen LogP contribution in [0.4, 0.5) is 0 Å². The van der Waals surface area contributed by atoms with E-state index in [1.54, 1.807) is 0 Å². The van der Waals surface area contributed by atoms with Crippen LogP contribution >= 0.6 is 27.3 Å². The molecular formula is C14H22BrNS. The molecule has 0 radical (unpaired) electrons. The van der Waals surface area contributed by atoms with Gasteiger partial charge < -0.3 is 5.32 Å². The van der Waals surface area contributed by atoms with E-state index in [0.29, 0.717) is 0 Å². The van der Waals surface area contributed by atoms with Crippen molar-refractivity contribution in [2.45, 2.75) is 45.6 Å². The number of thiophene rings is 1. The maximum atomic E-state index is 3.68. The standard InChI is InChI=1S/C14H22BrNS/c1-3-16-13-5-4-10(2)8-11(13)9-14-12(15)6-7-17-14/h6-7,10-11,13,16H,3-5,8-9H2,1-2H3. The molecule has 0 aliphatic heterocycles. The summed E-state index contributed by atoms with van der Waals surface area (Å²) in [5, 5.41) is 5.86. The van der Waals surface area contributed by atoms with E-state index in [1.807, 2.05) is 11.3 Å². The molecule has 3 atom stereocenters. The molecular weight excluding hydrogens is 294 g/mol. The van der Waals surface area contributed by atoms with E-state index in [-0.39, 0.29) is 0 Å². The maximum absolute atomic E-state index is 3.68. The van der Waals surface area contributed by atoms with Crippen molar-refractivity contribution in [2.24, 2.45) is 11.8 Å². The minimum absolute atomic E-state index is 0.727. The first kappa shape index (κ1) is 13.6. The summed E-state index contributed by atoms with van der Waals surface area (Å²) in [4.78, 5) is 1.52. The van der Waals surface area contributed by atoms with Gasteiger partial charge in [-0.25, -0.2) is 0 Å². The summed E-state index contributed by atoms with van der Waals surface area (Å²) in [7, 11) is 0. The molecule has 96 valence electrons. The molecule has 1 N–H and O–H groups in total. The number of nitrogens with one attached hydrogen (secondary N) is 1. The number of rotatable bonds is 4. The molecule has 1 saturated carbocycles. The summed E-state index contributed by atoms with van der Waals surface area (Å²) in [6.45, 7) is 5.72. The Bertz CT molecular complexity index is 350. The largest absolute Gasteiger partial charge is 0.314 e. The van der Waals surface area contributed by atoms with Crippen LogP contribution in [0.25, 0.3) is 0 Å². The number of hydrogen-bond acceptors (Lipinski definition) is 2. The minimum Gasteiger partial charge on any atom is -0.314 e. The number of halogens is 1. The van der Waals surface area contributed by atoms with Crippen LogP contribution in [0.2, 0.25) is 0 Å². The van der Waals surface area contributed by atoms with Gasteiger partial charge in [0, 0.05) is 15.4 Å². The van der Waals surface area contributed by atoms with Crippen LogP contribution in [0, 0.1) is 11.8 Å². The zero-order valence-electron chi connectivity index (χ0n) is 10.7. The van der Waals surface area contributed by atoms with Crippen molar-refractivity contribution < 1.29 is 0 Å². The molecule has 0 spiro atoms. The van der Waals surface area contributed by atoms with Crippen molar-refractivity contribution >= 4 is 27.3 Å². The summed E-state index contributed by atoms with van der Waals surface area (Å²) < 4.78 is 1.30. The Morgan fingerprint density at radius 1 is 1.47 bits per heavy atom. The average Bonchev–Trinajstić information content (AvgIpc) is 2.69. The lowest BCUT2D eigenvalue weighted by molar-refractivity contribution is 0.215. The lowest BCUT2D eigenvalue weighted by Crippen LogP contribution is -2.41. The second-order valence-electron chi connectivity index (χ2n) is 5.24. The van der Waals surface area contributed by atoms with Crippen LogP contribution in [0.3, 0.4) is 0 Å². The monoisotopic (exact) mass is 315 g/mol. The van der Waals surface area contributed by atoms with Gasteiger partial charge in [-0.05, 0) is 71.4 Å². The molecule has 0 aromatic carbocycles. The molecule has 0 saturated heterocycles. The van der Waals surface area contributed by atoms with Gasteiger partial charge in [0.1, 0.15) is 0 Å². The van der Waals surface area contributed by atoms with Gasteiger partial charge in [-0.3, -0.25) is 0 Å². The molecule has 1 heterocycles. The normalized spacial score (nSPS) is 29.5. The first-order valence-electron chi connectivity index (χ1n) is 6.66. The van der Waals surface area contributed by atoms with E-state index in [4.69, 9.17) is 0 Å². The highest BCUT2D eigenvalue weighted by Crippen LogP contribution is 2.34. The van der Waals surface area contributed by atoms with E-state index < -0.39 is 0 Å². The predicted molar refractivity (Wildman–Crippen MR) is 79.7 cm³/mol. The fraction of sp³-hybridized carbons (Fsp3) is 0.714. The summed E-state index contributed by atoms with van der Waals surface area (Å²) in [5.41, 5.74) is 0. The van der Waals surface area contributed by atoms with Gasteiger partial charge in [-0.1, -0.05) is 13.8 Å². The van der Waals surface area contributed by atoms with Gasteiger partial charge in [0.05, 0.1) is 0 Å². The Hall–Kier alpha value is 0.140. The van der Waals surface area contributed by atoms with Gasteiger partial charge >= 0.3 is 0 Å². The van der Waals surface area contributed by atoms with Crippen LogP contribution < -0.4 is 5.32 Å². The molecule has 2 rings (SSSR count). The molecule has 0 bridgehead atoms. The van der Waals surface area contributed by atoms with Gasteiger partial charge in [0.2, 0.25) is 0 Å². The van der Waals surface area contributed by atoms with Crippen molar-refractivity contribution in [3.05, 3.63) is 20.8 Å². The molecule has 1 nitrogen and oxygen atoms in total. The Balaban J connectivity index is 2.02. The lowest BCUT2D eigenvalue weighted by Gasteiger charge is -2.35. The zero-order chi connectivity index (χ0) is 12.3. The SMILES string of the molecule is CCNC1CCC(C)CC1Cc1sccc1Br.